The van der Waals surface area contributed by atoms with Crippen LogP contribution in [0.3, 0.4) is 0 Å². The molecule has 3 aromatic rings. The number of nitrogens with zero attached hydrogens (tertiary/aromatic N) is 6. The zero-order valence-electron chi connectivity index (χ0n) is 19.8. The van der Waals surface area contributed by atoms with E-state index in [-0.39, 0.29) is 12.0 Å². The second-order valence-corrected chi connectivity index (χ2v) is 9.20. The van der Waals surface area contributed by atoms with Gasteiger partial charge < -0.3 is 10.1 Å². The first kappa shape index (κ1) is 22.2. The number of nitrogens with one attached hydrogen (secondary N) is 1. The molecule has 4 heterocycles. The van der Waals surface area contributed by atoms with Gasteiger partial charge in [0.15, 0.2) is 5.82 Å². The molecule has 34 heavy (non-hydrogen) atoms. The number of cyclic esters (lactones) is 1. The van der Waals surface area contributed by atoms with Gasteiger partial charge in [0.25, 0.3) is 0 Å². The average Bonchev–Trinajstić information content (AvgIpc) is 3.37. The number of aromatic nitrogens is 4. The number of aryl methyl sites for hydroxylation is 1. The van der Waals surface area contributed by atoms with E-state index in [2.05, 4.69) is 51.5 Å². The number of hydrogen-bond donors (Lipinski definition) is 1. The molecule has 0 unspecified atom stereocenters. The molecule has 174 valence electrons. The number of fused-ring (bicyclic) bond motifs is 1. The van der Waals surface area contributed by atoms with Crippen LogP contribution in [0, 0.1) is 32.1 Å². The number of esters is 1. The first-order chi connectivity index (χ1) is 16.4. The summed E-state index contributed by atoms with van der Waals surface area (Å²) >= 11 is 0. The maximum Gasteiger partial charge on any atom is 0.338 e. The molecule has 0 aliphatic carbocycles. The van der Waals surface area contributed by atoms with Crippen molar-refractivity contribution in [1.29, 1.82) is 5.26 Å². The number of ether oxygens (including phenoxy) is 1. The second-order valence-electron chi connectivity index (χ2n) is 9.20. The van der Waals surface area contributed by atoms with Crippen LogP contribution >= 0.6 is 0 Å². The molecular formula is C25H27N7O2. The van der Waals surface area contributed by atoms with Crippen molar-refractivity contribution in [2.24, 2.45) is 0 Å². The molecule has 9 heteroatoms. The number of pyridine rings is 1. The van der Waals surface area contributed by atoms with E-state index in [1.54, 1.807) is 10.9 Å². The largest absolute Gasteiger partial charge is 0.457 e. The van der Waals surface area contributed by atoms with Crippen molar-refractivity contribution in [2.45, 2.75) is 52.9 Å². The Kier molecular flexibility index (Phi) is 5.63. The van der Waals surface area contributed by atoms with Crippen molar-refractivity contribution in [3.05, 3.63) is 69.2 Å². The number of nitriles is 1. The molecule has 1 fully saturated rings. The summed E-state index contributed by atoms with van der Waals surface area (Å²) in [4.78, 5) is 18.7. The summed E-state index contributed by atoms with van der Waals surface area (Å²) in [5, 5.41) is 21.7. The van der Waals surface area contributed by atoms with Crippen LogP contribution in [-0.2, 0) is 17.9 Å². The first-order valence-corrected chi connectivity index (χ1v) is 11.4. The Labute approximate surface area is 198 Å². The fraction of sp³-hybridized carbons (Fsp3) is 0.400. The maximum absolute atomic E-state index is 11.9. The lowest BCUT2D eigenvalue weighted by Gasteiger charge is -2.38. The standard InChI is InChI=1S/C25H27N7O2/c1-14-7-24(27-9-18(14)8-26)32-17(4)22(29-30-32)11-31-10-15(2)28-23(12-31)19-5-6-20-21(16(19)3)13-34-25(20)33/h5-7,9,15,23,28H,10-13H2,1-4H3/t15-,23-/m0/s1. The van der Waals surface area contributed by atoms with Crippen molar-refractivity contribution in [2.75, 3.05) is 13.1 Å². The van der Waals surface area contributed by atoms with Gasteiger partial charge in [-0.05, 0) is 56.5 Å². The highest BCUT2D eigenvalue weighted by Gasteiger charge is 2.30. The normalized spacial score (nSPS) is 20.1. The van der Waals surface area contributed by atoms with Gasteiger partial charge in [-0.25, -0.2) is 9.78 Å². The Bertz CT molecular complexity index is 1320. The smallest absolute Gasteiger partial charge is 0.338 e. The summed E-state index contributed by atoms with van der Waals surface area (Å²) in [6.07, 6.45) is 1.57. The molecule has 2 aliphatic rings. The molecular weight excluding hydrogens is 430 g/mol. The van der Waals surface area contributed by atoms with Crippen LogP contribution in [0.1, 0.15) is 62.5 Å². The van der Waals surface area contributed by atoms with E-state index >= 15 is 0 Å². The van der Waals surface area contributed by atoms with E-state index in [0.29, 0.717) is 36.1 Å². The third-order valence-corrected chi connectivity index (χ3v) is 6.84. The van der Waals surface area contributed by atoms with Gasteiger partial charge in [-0.3, -0.25) is 4.90 Å². The average molecular weight is 458 g/mol. The van der Waals surface area contributed by atoms with Crippen molar-refractivity contribution in [3.8, 4) is 11.9 Å². The quantitative estimate of drug-likeness (QED) is 0.596. The Balaban J connectivity index is 1.36. The number of piperazine rings is 1. The Hall–Kier alpha value is -3.61. The van der Waals surface area contributed by atoms with Gasteiger partial charge in [0, 0.05) is 43.5 Å². The highest BCUT2D eigenvalue weighted by molar-refractivity contribution is 5.94. The zero-order chi connectivity index (χ0) is 24.0. The molecule has 1 N–H and O–H groups in total. The van der Waals surface area contributed by atoms with Crippen LogP contribution in [0.15, 0.2) is 24.4 Å². The topological polar surface area (TPSA) is 109 Å². The van der Waals surface area contributed by atoms with Gasteiger partial charge in [-0.15, -0.1) is 5.10 Å². The van der Waals surface area contributed by atoms with Gasteiger partial charge in [-0.2, -0.15) is 9.94 Å². The number of carbonyl (C=O) groups excluding carboxylic acids is 1. The first-order valence-electron chi connectivity index (χ1n) is 11.4. The highest BCUT2D eigenvalue weighted by atomic mass is 16.5. The van der Waals surface area contributed by atoms with Crippen LogP contribution in [0.4, 0.5) is 0 Å². The molecule has 9 nitrogen and oxygen atoms in total. The second kappa shape index (κ2) is 8.63. The van der Waals surface area contributed by atoms with E-state index in [1.165, 1.54) is 5.56 Å². The van der Waals surface area contributed by atoms with E-state index in [9.17, 15) is 4.79 Å². The van der Waals surface area contributed by atoms with Crippen molar-refractivity contribution >= 4 is 5.97 Å². The molecule has 1 aromatic carbocycles. The molecule has 0 radical (unpaired) electrons. The summed E-state index contributed by atoms with van der Waals surface area (Å²) in [6.45, 7) is 10.9. The number of hydrogen-bond acceptors (Lipinski definition) is 8. The number of benzene rings is 1. The predicted octanol–water partition coefficient (Wildman–Crippen LogP) is 2.66. The molecule has 1 saturated heterocycles. The molecule has 2 aliphatic heterocycles. The fourth-order valence-corrected chi connectivity index (χ4v) is 4.94. The third-order valence-electron chi connectivity index (χ3n) is 6.84. The minimum Gasteiger partial charge on any atom is -0.457 e. The fourth-order valence-electron chi connectivity index (χ4n) is 4.94. The van der Waals surface area contributed by atoms with Crippen molar-refractivity contribution < 1.29 is 9.53 Å². The van der Waals surface area contributed by atoms with Gasteiger partial charge in [0.1, 0.15) is 18.4 Å². The molecule has 0 amide bonds. The molecule has 0 bridgehead atoms. The summed E-state index contributed by atoms with van der Waals surface area (Å²) in [6, 6.07) is 8.38. The SMILES string of the molecule is Cc1cc(-n2nnc(CN3C[C@@H](c4ccc5c(c4C)COC5=O)N[C@@H](C)C3)c2C)ncc1C#N. The van der Waals surface area contributed by atoms with Crippen LogP contribution < -0.4 is 5.32 Å². The van der Waals surface area contributed by atoms with Crippen LogP contribution in [-0.4, -0.2) is 50.0 Å². The van der Waals surface area contributed by atoms with Crippen molar-refractivity contribution in [3.63, 3.8) is 0 Å². The van der Waals surface area contributed by atoms with E-state index in [4.69, 9.17) is 10.00 Å². The minimum absolute atomic E-state index is 0.142. The van der Waals surface area contributed by atoms with Gasteiger partial charge in [-0.1, -0.05) is 11.3 Å². The highest BCUT2D eigenvalue weighted by Crippen LogP contribution is 2.31. The van der Waals surface area contributed by atoms with Crippen LogP contribution in [0.25, 0.3) is 5.82 Å². The maximum atomic E-state index is 11.9. The lowest BCUT2D eigenvalue weighted by atomic mass is 9.92. The van der Waals surface area contributed by atoms with E-state index in [1.807, 2.05) is 26.0 Å². The molecule has 5 rings (SSSR count). The van der Waals surface area contributed by atoms with Crippen LogP contribution in [0.5, 0.6) is 0 Å². The summed E-state index contributed by atoms with van der Waals surface area (Å²) in [7, 11) is 0. The van der Waals surface area contributed by atoms with Gasteiger partial charge >= 0.3 is 5.97 Å². The minimum atomic E-state index is -0.234. The van der Waals surface area contributed by atoms with E-state index in [0.717, 1.165) is 41.2 Å². The third kappa shape index (κ3) is 3.85. The van der Waals surface area contributed by atoms with E-state index < -0.39 is 0 Å². The molecule has 0 saturated carbocycles. The monoisotopic (exact) mass is 457 g/mol. The van der Waals surface area contributed by atoms with Gasteiger partial charge in [0.2, 0.25) is 0 Å². The summed E-state index contributed by atoms with van der Waals surface area (Å²) < 4.78 is 6.96. The molecule has 2 atom stereocenters. The Morgan fingerprint density at radius 2 is 2.09 bits per heavy atom. The van der Waals surface area contributed by atoms with Gasteiger partial charge in [0.05, 0.1) is 16.8 Å². The Morgan fingerprint density at radius 3 is 2.85 bits per heavy atom. The zero-order valence-corrected chi connectivity index (χ0v) is 19.8. The molecule has 0 spiro atoms. The summed E-state index contributed by atoms with van der Waals surface area (Å²) in [5.74, 6) is 0.423. The lowest BCUT2D eigenvalue weighted by molar-refractivity contribution is 0.0535. The van der Waals surface area contributed by atoms with Crippen LogP contribution in [0.2, 0.25) is 0 Å². The molecule has 2 aromatic heterocycles. The number of carbonyl (C=O) groups is 1. The lowest BCUT2D eigenvalue weighted by Crippen LogP contribution is -2.50. The predicted molar refractivity (Wildman–Crippen MR) is 124 cm³/mol. The summed E-state index contributed by atoms with van der Waals surface area (Å²) in [5.41, 5.74) is 7.26. The van der Waals surface area contributed by atoms with Crippen molar-refractivity contribution in [1.82, 2.24) is 30.2 Å². The number of rotatable bonds is 4. The Morgan fingerprint density at radius 1 is 1.26 bits per heavy atom.